The molecule has 0 saturated carbocycles. The predicted molar refractivity (Wildman–Crippen MR) is 144 cm³/mol. The van der Waals surface area contributed by atoms with Crippen molar-refractivity contribution in [2.45, 2.75) is 6.92 Å². The van der Waals surface area contributed by atoms with Crippen LogP contribution in [0.5, 0.6) is 0 Å². The van der Waals surface area contributed by atoms with Gasteiger partial charge in [-0.05, 0) is 48.4 Å². The van der Waals surface area contributed by atoms with E-state index < -0.39 is 0 Å². The largest absolute Gasteiger partial charge is 0.397 e. The topological polar surface area (TPSA) is 85.1 Å². The van der Waals surface area contributed by atoms with Crippen molar-refractivity contribution >= 4 is 56.2 Å². The van der Waals surface area contributed by atoms with Gasteiger partial charge < -0.3 is 11.1 Å². The maximum Gasteiger partial charge on any atom is 0.267 e. The Bertz CT molecular complexity index is 1580. The Balaban J connectivity index is 1.64. The molecule has 172 valence electrons. The summed E-state index contributed by atoms with van der Waals surface area (Å²) in [5.74, 6) is -0.428. The Labute approximate surface area is 211 Å². The monoisotopic (exact) mass is 497 g/mol. The molecule has 7 heteroatoms. The lowest BCUT2D eigenvalue weighted by atomic mass is 9.99. The van der Waals surface area contributed by atoms with Gasteiger partial charge in [0.15, 0.2) is 5.78 Å². The zero-order chi connectivity index (χ0) is 24.5. The van der Waals surface area contributed by atoms with Crippen molar-refractivity contribution in [2.75, 3.05) is 11.1 Å². The number of nitrogens with two attached hydrogens (primary N) is 1. The highest BCUT2D eigenvalue weighted by Crippen LogP contribution is 2.41. The molecule has 0 unspecified atom stereocenters. The first-order chi connectivity index (χ1) is 16.9. The van der Waals surface area contributed by atoms with Crippen molar-refractivity contribution in [3.8, 4) is 22.4 Å². The van der Waals surface area contributed by atoms with E-state index in [1.54, 1.807) is 24.3 Å². The fourth-order valence-corrected chi connectivity index (χ4v) is 5.05. The molecule has 35 heavy (non-hydrogen) atoms. The van der Waals surface area contributed by atoms with E-state index in [2.05, 4.69) is 5.32 Å². The fourth-order valence-electron chi connectivity index (χ4n) is 3.91. The molecular formula is C28H20ClN3O2S. The Morgan fingerprint density at radius 3 is 2.37 bits per heavy atom. The van der Waals surface area contributed by atoms with Gasteiger partial charge in [0.2, 0.25) is 0 Å². The number of hydrogen-bond donors (Lipinski definition) is 2. The normalized spacial score (nSPS) is 10.9. The molecule has 0 spiro atoms. The second-order valence-electron chi connectivity index (χ2n) is 8.04. The molecule has 1 amide bonds. The highest BCUT2D eigenvalue weighted by molar-refractivity contribution is 7.21. The molecule has 0 fully saturated rings. The number of ketones is 1. The number of aromatic nitrogens is 1. The summed E-state index contributed by atoms with van der Waals surface area (Å²) in [6, 6.07) is 26.2. The molecule has 5 aromatic rings. The summed E-state index contributed by atoms with van der Waals surface area (Å²) in [4.78, 5) is 30.8. The number of Topliss-reactive ketones (excluding diaryl/α,β-unsaturated/α-hetero) is 1. The quantitative estimate of drug-likeness (QED) is 0.249. The zero-order valence-electron chi connectivity index (χ0n) is 18.7. The van der Waals surface area contributed by atoms with Crippen LogP contribution in [0, 0.1) is 0 Å². The van der Waals surface area contributed by atoms with Gasteiger partial charge in [-0.2, -0.15) is 0 Å². The summed E-state index contributed by atoms with van der Waals surface area (Å²) in [6.45, 7) is 1.49. The van der Waals surface area contributed by atoms with E-state index in [0.717, 1.165) is 27.8 Å². The standard InChI is InChI=1S/C28H20ClN3O2S/c1-16(33)19-8-5-9-21(14-19)31-27(34)26-25(30)24-22(17-10-12-20(29)13-11-17)15-23(32-28(24)35-26)18-6-3-2-4-7-18/h2-15H,30H2,1H3,(H,31,34). The second kappa shape index (κ2) is 9.33. The molecule has 5 nitrogen and oxygen atoms in total. The minimum Gasteiger partial charge on any atom is -0.397 e. The molecule has 2 heterocycles. The van der Waals surface area contributed by atoms with E-state index in [1.807, 2.05) is 60.7 Å². The molecular weight excluding hydrogens is 478 g/mol. The molecule has 3 aromatic carbocycles. The van der Waals surface area contributed by atoms with Gasteiger partial charge in [0.05, 0.1) is 11.4 Å². The van der Waals surface area contributed by atoms with E-state index in [1.165, 1.54) is 18.3 Å². The molecule has 0 bridgehead atoms. The minimum atomic E-state index is -0.352. The molecule has 2 aromatic heterocycles. The minimum absolute atomic E-state index is 0.0762. The first kappa shape index (κ1) is 22.8. The van der Waals surface area contributed by atoms with Crippen molar-refractivity contribution in [3.05, 3.63) is 100 Å². The number of amides is 1. The highest BCUT2D eigenvalue weighted by Gasteiger charge is 2.22. The number of rotatable bonds is 5. The van der Waals surface area contributed by atoms with Gasteiger partial charge in [-0.1, -0.05) is 66.2 Å². The van der Waals surface area contributed by atoms with Gasteiger partial charge in [-0.3, -0.25) is 9.59 Å². The van der Waals surface area contributed by atoms with Crippen molar-refractivity contribution in [1.29, 1.82) is 0 Å². The van der Waals surface area contributed by atoms with Crippen LogP contribution in [0.2, 0.25) is 5.02 Å². The smallest absolute Gasteiger partial charge is 0.267 e. The summed E-state index contributed by atoms with van der Waals surface area (Å²) >= 11 is 7.36. The van der Waals surface area contributed by atoms with Gasteiger partial charge in [-0.15, -0.1) is 11.3 Å². The Morgan fingerprint density at radius 1 is 0.914 bits per heavy atom. The Hall–Kier alpha value is -4.00. The molecule has 0 aliphatic rings. The van der Waals surface area contributed by atoms with Crippen LogP contribution in [0.3, 0.4) is 0 Å². The summed E-state index contributed by atoms with van der Waals surface area (Å²) in [5, 5.41) is 4.22. The van der Waals surface area contributed by atoms with Crippen LogP contribution in [0.15, 0.2) is 84.9 Å². The van der Waals surface area contributed by atoms with E-state index in [0.29, 0.717) is 31.7 Å². The number of carbonyl (C=O) groups is 2. The van der Waals surface area contributed by atoms with Crippen molar-refractivity contribution < 1.29 is 9.59 Å². The number of anilines is 2. The van der Waals surface area contributed by atoms with Crippen LogP contribution in [-0.2, 0) is 0 Å². The van der Waals surface area contributed by atoms with Gasteiger partial charge in [0.25, 0.3) is 5.91 Å². The molecule has 0 aliphatic heterocycles. The molecule has 0 aliphatic carbocycles. The molecule has 3 N–H and O–H groups in total. The Kier molecular flexibility index (Phi) is 6.07. The maximum atomic E-state index is 13.2. The number of benzene rings is 3. The number of fused-ring (bicyclic) bond motifs is 1. The van der Waals surface area contributed by atoms with E-state index in [9.17, 15) is 9.59 Å². The molecule has 0 radical (unpaired) electrons. The summed E-state index contributed by atoms with van der Waals surface area (Å²) in [5.41, 5.74) is 11.5. The lowest BCUT2D eigenvalue weighted by Crippen LogP contribution is -2.12. The van der Waals surface area contributed by atoms with Crippen molar-refractivity contribution in [1.82, 2.24) is 4.98 Å². The number of nitrogens with zero attached hydrogens (tertiary/aromatic N) is 1. The summed E-state index contributed by atoms with van der Waals surface area (Å²) in [7, 11) is 0. The van der Waals surface area contributed by atoms with Crippen LogP contribution < -0.4 is 11.1 Å². The number of thiophene rings is 1. The van der Waals surface area contributed by atoms with E-state index in [4.69, 9.17) is 22.3 Å². The number of halogens is 1. The highest BCUT2D eigenvalue weighted by atomic mass is 35.5. The third-order valence-corrected chi connectivity index (χ3v) is 7.01. The van der Waals surface area contributed by atoms with Gasteiger partial charge in [0, 0.05) is 27.2 Å². The number of carbonyl (C=O) groups excluding carboxylic acids is 2. The summed E-state index contributed by atoms with van der Waals surface area (Å²) < 4.78 is 0. The van der Waals surface area contributed by atoms with Gasteiger partial charge in [0.1, 0.15) is 9.71 Å². The first-order valence-electron chi connectivity index (χ1n) is 10.9. The van der Waals surface area contributed by atoms with Gasteiger partial charge in [-0.25, -0.2) is 4.98 Å². The van der Waals surface area contributed by atoms with Crippen molar-refractivity contribution in [2.24, 2.45) is 0 Å². The average molecular weight is 498 g/mol. The van der Waals surface area contributed by atoms with Crippen molar-refractivity contribution in [3.63, 3.8) is 0 Å². The molecule has 5 rings (SSSR count). The number of hydrogen-bond acceptors (Lipinski definition) is 5. The zero-order valence-corrected chi connectivity index (χ0v) is 20.3. The lowest BCUT2D eigenvalue weighted by Gasteiger charge is -2.09. The third kappa shape index (κ3) is 4.54. The first-order valence-corrected chi connectivity index (χ1v) is 12.1. The van der Waals surface area contributed by atoms with Crippen LogP contribution in [0.1, 0.15) is 27.0 Å². The number of nitrogen functional groups attached to an aromatic ring is 1. The lowest BCUT2D eigenvalue weighted by molar-refractivity contribution is 0.101. The predicted octanol–water partition coefficient (Wildman–Crippen LogP) is 7.32. The van der Waals surface area contributed by atoms with Crippen LogP contribution in [-0.4, -0.2) is 16.7 Å². The number of nitrogens with one attached hydrogen (secondary N) is 1. The SMILES string of the molecule is CC(=O)c1cccc(NC(=O)c2sc3nc(-c4ccccc4)cc(-c4ccc(Cl)cc4)c3c2N)c1. The number of pyridine rings is 1. The van der Waals surface area contributed by atoms with E-state index >= 15 is 0 Å². The Morgan fingerprint density at radius 2 is 1.66 bits per heavy atom. The maximum absolute atomic E-state index is 13.2. The van der Waals surface area contributed by atoms with Crippen LogP contribution >= 0.6 is 22.9 Å². The average Bonchev–Trinajstić information content (AvgIpc) is 3.21. The second-order valence-corrected chi connectivity index (χ2v) is 9.48. The summed E-state index contributed by atoms with van der Waals surface area (Å²) in [6.07, 6.45) is 0. The molecule has 0 saturated heterocycles. The third-order valence-electron chi connectivity index (χ3n) is 5.66. The molecule has 0 atom stereocenters. The van der Waals surface area contributed by atoms with E-state index in [-0.39, 0.29) is 11.7 Å². The van der Waals surface area contributed by atoms with Gasteiger partial charge >= 0.3 is 0 Å². The van der Waals surface area contributed by atoms with Crippen LogP contribution in [0.4, 0.5) is 11.4 Å². The fraction of sp³-hybridized carbons (Fsp3) is 0.0357. The van der Waals surface area contributed by atoms with Crippen LogP contribution in [0.25, 0.3) is 32.6 Å².